The third-order valence-corrected chi connectivity index (χ3v) is 7.27. The molecule has 1 fully saturated rings. The largest absolute Gasteiger partial charge is 0.468 e. The van der Waals surface area contributed by atoms with E-state index in [4.69, 9.17) is 9.41 Å². The molecule has 1 saturated heterocycles. The van der Waals surface area contributed by atoms with E-state index in [-0.39, 0.29) is 35.8 Å². The highest BCUT2D eigenvalue weighted by Crippen LogP contribution is 2.25. The van der Waals surface area contributed by atoms with Gasteiger partial charge in [0, 0.05) is 13.1 Å². The molecule has 0 saturated carbocycles. The first-order valence-corrected chi connectivity index (χ1v) is 12.8. The molecule has 1 unspecified atom stereocenters. The van der Waals surface area contributed by atoms with Crippen molar-refractivity contribution in [3.63, 3.8) is 0 Å². The number of nitrogens with one attached hydrogen (secondary N) is 2. The molecule has 0 spiro atoms. The Morgan fingerprint density at radius 1 is 1.09 bits per heavy atom. The molecule has 1 aromatic carbocycles. The summed E-state index contributed by atoms with van der Waals surface area (Å²) in [5, 5.41) is 6.53. The van der Waals surface area contributed by atoms with Crippen molar-refractivity contribution in [2.45, 2.75) is 43.5 Å². The molecule has 0 radical (unpaired) electrons. The van der Waals surface area contributed by atoms with Gasteiger partial charge in [-0.15, -0.1) is 24.0 Å². The van der Waals surface area contributed by atoms with Crippen molar-refractivity contribution in [2.24, 2.45) is 4.99 Å². The minimum absolute atomic E-state index is 0. The predicted octanol–water partition coefficient (Wildman–Crippen LogP) is 3.84. The van der Waals surface area contributed by atoms with Gasteiger partial charge < -0.3 is 15.1 Å². The second-order valence-electron chi connectivity index (χ2n) is 7.76. The zero-order valence-corrected chi connectivity index (χ0v) is 21.8. The van der Waals surface area contributed by atoms with Gasteiger partial charge in [0.05, 0.1) is 29.5 Å². The number of rotatable bonds is 10. The fourth-order valence-electron chi connectivity index (χ4n) is 3.83. The summed E-state index contributed by atoms with van der Waals surface area (Å²) in [5.41, 5.74) is 0. The fraction of sp³-hybridized carbons (Fsp3) is 0.522. The molecule has 178 valence electrons. The summed E-state index contributed by atoms with van der Waals surface area (Å²) >= 11 is 0. The molecular weight excluding hydrogens is 539 g/mol. The van der Waals surface area contributed by atoms with Gasteiger partial charge in [0.2, 0.25) is 0 Å². The van der Waals surface area contributed by atoms with E-state index in [1.54, 1.807) is 30.5 Å². The highest BCUT2D eigenvalue weighted by Gasteiger charge is 2.24. The van der Waals surface area contributed by atoms with Crippen LogP contribution in [0.4, 0.5) is 0 Å². The van der Waals surface area contributed by atoms with E-state index in [0.717, 1.165) is 25.4 Å². The molecule has 3 rings (SSSR count). The standard InChI is InChI=1S/C23H34N4O3S.HI/c1-2-24-23(25-14-10-18-31(28,29)20-11-5-3-6-12-20)26-19-21(22-13-9-17-30-22)27-15-7-4-8-16-27;/h3,5-6,9,11-13,17,21H,2,4,7-8,10,14-16,18-19H2,1H3,(H2,24,25,26);1H. The zero-order chi connectivity index (χ0) is 21.9. The van der Waals surface area contributed by atoms with Crippen molar-refractivity contribution in [1.29, 1.82) is 0 Å². The molecule has 2 N–H and O–H groups in total. The van der Waals surface area contributed by atoms with Crippen molar-refractivity contribution in [3.05, 3.63) is 54.5 Å². The van der Waals surface area contributed by atoms with E-state index < -0.39 is 9.84 Å². The number of aliphatic imine (C=N–C) groups is 1. The van der Waals surface area contributed by atoms with E-state index in [2.05, 4.69) is 15.5 Å². The summed E-state index contributed by atoms with van der Waals surface area (Å²) in [6.07, 6.45) is 5.91. The van der Waals surface area contributed by atoms with E-state index in [9.17, 15) is 8.42 Å². The number of furan rings is 1. The molecule has 0 aliphatic carbocycles. The lowest BCUT2D eigenvalue weighted by Gasteiger charge is -2.32. The van der Waals surface area contributed by atoms with Gasteiger partial charge in [-0.3, -0.25) is 9.89 Å². The molecule has 2 heterocycles. The lowest BCUT2D eigenvalue weighted by Crippen LogP contribution is -2.40. The average Bonchev–Trinajstić information content (AvgIpc) is 3.33. The Morgan fingerprint density at radius 3 is 2.50 bits per heavy atom. The van der Waals surface area contributed by atoms with Gasteiger partial charge in [-0.1, -0.05) is 24.6 Å². The van der Waals surface area contributed by atoms with Crippen LogP contribution >= 0.6 is 24.0 Å². The molecule has 7 nitrogen and oxygen atoms in total. The third-order valence-electron chi connectivity index (χ3n) is 5.45. The van der Waals surface area contributed by atoms with E-state index in [1.165, 1.54) is 19.3 Å². The Balaban J connectivity index is 0.00000363. The number of piperidine rings is 1. The Kier molecular flexibility index (Phi) is 11.5. The molecule has 1 atom stereocenters. The average molecular weight is 575 g/mol. The summed E-state index contributed by atoms with van der Waals surface area (Å²) in [5.74, 6) is 1.75. The van der Waals surface area contributed by atoms with Crippen LogP contribution in [0.3, 0.4) is 0 Å². The highest BCUT2D eigenvalue weighted by molar-refractivity contribution is 14.0. The van der Waals surface area contributed by atoms with Gasteiger partial charge in [0.15, 0.2) is 15.8 Å². The van der Waals surface area contributed by atoms with Gasteiger partial charge in [0.1, 0.15) is 5.76 Å². The first-order chi connectivity index (χ1) is 15.1. The Hall–Kier alpha value is -1.59. The summed E-state index contributed by atoms with van der Waals surface area (Å²) < 4.78 is 30.6. The molecule has 2 aromatic rings. The summed E-state index contributed by atoms with van der Waals surface area (Å²) in [6, 6.07) is 12.7. The molecule has 9 heteroatoms. The SMILES string of the molecule is CCNC(=NCC(c1ccco1)N1CCCCC1)NCCCS(=O)(=O)c1ccccc1.I. The summed E-state index contributed by atoms with van der Waals surface area (Å²) in [4.78, 5) is 7.60. The van der Waals surface area contributed by atoms with Crippen LogP contribution in [0.5, 0.6) is 0 Å². The quantitative estimate of drug-likeness (QED) is 0.194. The second kappa shape index (κ2) is 13.8. The van der Waals surface area contributed by atoms with Crippen LogP contribution in [0.15, 0.2) is 63.0 Å². The number of nitrogens with zero attached hydrogens (tertiary/aromatic N) is 2. The van der Waals surface area contributed by atoms with Crippen LogP contribution in [0.25, 0.3) is 0 Å². The van der Waals surface area contributed by atoms with Crippen molar-refractivity contribution in [2.75, 3.05) is 38.5 Å². The number of sulfone groups is 1. The van der Waals surface area contributed by atoms with Crippen LogP contribution in [0.2, 0.25) is 0 Å². The molecule has 1 aliphatic rings. The maximum atomic E-state index is 12.4. The molecule has 32 heavy (non-hydrogen) atoms. The van der Waals surface area contributed by atoms with Gasteiger partial charge in [-0.25, -0.2) is 8.42 Å². The number of likely N-dealkylation sites (tertiary alicyclic amines) is 1. The van der Waals surface area contributed by atoms with Crippen molar-refractivity contribution in [3.8, 4) is 0 Å². The van der Waals surface area contributed by atoms with E-state index >= 15 is 0 Å². The highest BCUT2D eigenvalue weighted by atomic mass is 127. The topological polar surface area (TPSA) is 86.9 Å². The normalized spacial score (nSPS) is 16.2. The number of benzene rings is 1. The molecule has 1 aromatic heterocycles. The lowest BCUT2D eigenvalue weighted by molar-refractivity contribution is 0.150. The first kappa shape index (κ1) is 26.7. The monoisotopic (exact) mass is 574 g/mol. The molecule has 0 amide bonds. The second-order valence-corrected chi connectivity index (χ2v) is 9.87. The maximum absolute atomic E-state index is 12.4. The smallest absolute Gasteiger partial charge is 0.191 e. The van der Waals surface area contributed by atoms with Gasteiger partial charge in [0.25, 0.3) is 0 Å². The fourth-order valence-corrected chi connectivity index (χ4v) is 5.16. The van der Waals surface area contributed by atoms with Crippen LogP contribution in [0.1, 0.15) is 44.4 Å². The minimum Gasteiger partial charge on any atom is -0.468 e. The molecular formula is C23H35IN4O3S. The van der Waals surface area contributed by atoms with Gasteiger partial charge in [-0.2, -0.15) is 0 Å². The van der Waals surface area contributed by atoms with Crippen LogP contribution in [-0.4, -0.2) is 57.8 Å². The number of guanidine groups is 1. The van der Waals surface area contributed by atoms with E-state index in [0.29, 0.717) is 30.4 Å². The number of hydrogen-bond donors (Lipinski definition) is 2. The summed E-state index contributed by atoms with van der Waals surface area (Å²) in [7, 11) is -3.26. The predicted molar refractivity (Wildman–Crippen MR) is 139 cm³/mol. The third kappa shape index (κ3) is 8.08. The maximum Gasteiger partial charge on any atom is 0.191 e. The van der Waals surface area contributed by atoms with Crippen molar-refractivity contribution < 1.29 is 12.8 Å². The van der Waals surface area contributed by atoms with Gasteiger partial charge in [-0.05, 0) is 63.5 Å². The molecule has 0 bridgehead atoms. The lowest BCUT2D eigenvalue weighted by atomic mass is 10.1. The Labute approximate surface area is 209 Å². The van der Waals surface area contributed by atoms with Crippen LogP contribution in [0, 0.1) is 0 Å². The van der Waals surface area contributed by atoms with Crippen molar-refractivity contribution in [1.82, 2.24) is 15.5 Å². The minimum atomic E-state index is -3.26. The summed E-state index contributed by atoms with van der Waals surface area (Å²) in [6.45, 7) is 6.00. The van der Waals surface area contributed by atoms with Crippen LogP contribution in [-0.2, 0) is 9.84 Å². The van der Waals surface area contributed by atoms with Gasteiger partial charge >= 0.3 is 0 Å². The Morgan fingerprint density at radius 2 is 1.84 bits per heavy atom. The molecule has 1 aliphatic heterocycles. The number of hydrogen-bond acceptors (Lipinski definition) is 5. The van der Waals surface area contributed by atoms with Crippen LogP contribution < -0.4 is 10.6 Å². The van der Waals surface area contributed by atoms with E-state index in [1.807, 2.05) is 25.1 Å². The Bertz CT molecular complexity index is 899. The first-order valence-electron chi connectivity index (χ1n) is 11.2. The van der Waals surface area contributed by atoms with Crippen molar-refractivity contribution >= 4 is 39.8 Å². The number of halogens is 1. The zero-order valence-electron chi connectivity index (χ0n) is 18.7.